The fourth-order valence-electron chi connectivity index (χ4n) is 3.92. The SMILES string of the molecule is Cc1ccc(S(=O)(=O)n2cc(-c3ccsc3)c3c(-c4ccccc4CO)ccnc32)cc1. The zero-order valence-electron chi connectivity index (χ0n) is 17.3. The average Bonchev–Trinajstić information content (AvgIpc) is 3.47. The molecule has 0 aliphatic rings. The first-order chi connectivity index (χ1) is 15.5. The van der Waals surface area contributed by atoms with Crippen LogP contribution in [0.25, 0.3) is 33.3 Å². The average molecular weight is 461 g/mol. The fourth-order valence-corrected chi connectivity index (χ4v) is 5.89. The minimum Gasteiger partial charge on any atom is -0.392 e. The lowest BCUT2D eigenvalue weighted by molar-refractivity contribution is 0.282. The molecule has 3 aromatic heterocycles. The second-order valence-corrected chi connectivity index (χ2v) is 10.1. The molecule has 0 bridgehead atoms. The summed E-state index contributed by atoms with van der Waals surface area (Å²) in [6, 6.07) is 18.2. The molecule has 0 fully saturated rings. The maximum absolute atomic E-state index is 13.6. The number of thiophene rings is 1. The molecular formula is C25H20N2O3S2. The Balaban J connectivity index is 1.85. The number of nitrogens with zero attached hydrogens (tertiary/aromatic N) is 2. The molecule has 0 atom stereocenters. The number of pyridine rings is 1. The minimum atomic E-state index is -3.86. The zero-order chi connectivity index (χ0) is 22.3. The van der Waals surface area contributed by atoms with Crippen LogP contribution in [0, 0.1) is 6.92 Å². The van der Waals surface area contributed by atoms with Crippen LogP contribution in [-0.4, -0.2) is 22.5 Å². The summed E-state index contributed by atoms with van der Waals surface area (Å²) in [6.07, 6.45) is 3.27. The van der Waals surface area contributed by atoms with Crippen molar-refractivity contribution in [2.24, 2.45) is 0 Å². The Morgan fingerprint density at radius 2 is 1.75 bits per heavy atom. The molecule has 7 heteroatoms. The molecule has 0 radical (unpaired) electrons. The molecule has 5 rings (SSSR count). The van der Waals surface area contributed by atoms with E-state index in [1.165, 1.54) is 3.97 Å². The van der Waals surface area contributed by atoms with Crippen LogP contribution in [-0.2, 0) is 16.6 Å². The van der Waals surface area contributed by atoms with E-state index in [1.54, 1.807) is 48.0 Å². The summed E-state index contributed by atoms with van der Waals surface area (Å²) in [5.41, 5.74) is 5.51. The molecule has 5 aromatic rings. The van der Waals surface area contributed by atoms with E-state index in [2.05, 4.69) is 4.98 Å². The third-order valence-electron chi connectivity index (χ3n) is 5.54. The Hall–Kier alpha value is -3.26. The van der Waals surface area contributed by atoms with Crippen LogP contribution in [0.5, 0.6) is 0 Å². The molecule has 0 saturated carbocycles. The summed E-state index contributed by atoms with van der Waals surface area (Å²) >= 11 is 1.55. The Kier molecular flexibility index (Phi) is 5.17. The second-order valence-electron chi connectivity index (χ2n) is 7.54. The maximum Gasteiger partial charge on any atom is 0.269 e. The van der Waals surface area contributed by atoms with Gasteiger partial charge < -0.3 is 5.11 Å². The second kappa shape index (κ2) is 8.02. The molecule has 3 heterocycles. The number of hydrogen-bond acceptors (Lipinski definition) is 5. The van der Waals surface area contributed by atoms with Crippen molar-refractivity contribution in [3.05, 3.63) is 94.9 Å². The minimum absolute atomic E-state index is 0.115. The highest BCUT2D eigenvalue weighted by atomic mass is 32.2. The van der Waals surface area contributed by atoms with Gasteiger partial charge in [-0.25, -0.2) is 17.4 Å². The van der Waals surface area contributed by atoms with Crippen LogP contribution in [0.1, 0.15) is 11.1 Å². The highest BCUT2D eigenvalue weighted by molar-refractivity contribution is 7.90. The van der Waals surface area contributed by atoms with E-state index < -0.39 is 10.0 Å². The van der Waals surface area contributed by atoms with Crippen molar-refractivity contribution in [3.63, 3.8) is 0 Å². The summed E-state index contributed by atoms with van der Waals surface area (Å²) in [5, 5.41) is 14.6. The molecule has 0 unspecified atom stereocenters. The van der Waals surface area contributed by atoms with Crippen LogP contribution >= 0.6 is 11.3 Å². The lowest BCUT2D eigenvalue weighted by Crippen LogP contribution is -2.12. The summed E-state index contributed by atoms with van der Waals surface area (Å²) in [7, 11) is -3.86. The van der Waals surface area contributed by atoms with Gasteiger partial charge in [-0.15, -0.1) is 0 Å². The van der Waals surface area contributed by atoms with Gasteiger partial charge in [-0.2, -0.15) is 11.3 Å². The van der Waals surface area contributed by atoms with Crippen molar-refractivity contribution < 1.29 is 13.5 Å². The molecule has 0 saturated heterocycles. The summed E-state index contributed by atoms with van der Waals surface area (Å²) < 4.78 is 28.5. The zero-order valence-corrected chi connectivity index (χ0v) is 18.9. The van der Waals surface area contributed by atoms with Gasteiger partial charge in [-0.05, 0) is 64.2 Å². The van der Waals surface area contributed by atoms with E-state index in [4.69, 9.17) is 0 Å². The molecule has 1 N–H and O–H groups in total. The Morgan fingerprint density at radius 1 is 0.969 bits per heavy atom. The summed E-state index contributed by atoms with van der Waals surface area (Å²) in [4.78, 5) is 4.70. The molecule has 32 heavy (non-hydrogen) atoms. The van der Waals surface area contributed by atoms with Gasteiger partial charge in [0.05, 0.1) is 11.5 Å². The number of aromatic nitrogens is 2. The quantitative estimate of drug-likeness (QED) is 0.378. The van der Waals surface area contributed by atoms with Crippen molar-refractivity contribution in [1.82, 2.24) is 8.96 Å². The normalized spacial score (nSPS) is 11.8. The molecule has 2 aromatic carbocycles. The molecule has 0 amide bonds. The first-order valence-electron chi connectivity index (χ1n) is 10.0. The lowest BCUT2D eigenvalue weighted by Gasteiger charge is -2.11. The van der Waals surface area contributed by atoms with Gasteiger partial charge in [-0.1, -0.05) is 42.0 Å². The molecule has 0 spiro atoms. The van der Waals surface area contributed by atoms with Crippen LogP contribution in [0.3, 0.4) is 0 Å². The number of aliphatic hydroxyl groups excluding tert-OH is 1. The van der Waals surface area contributed by atoms with E-state index in [1.807, 2.05) is 54.1 Å². The maximum atomic E-state index is 13.6. The Morgan fingerprint density at radius 3 is 2.47 bits per heavy atom. The van der Waals surface area contributed by atoms with Crippen molar-refractivity contribution in [2.75, 3.05) is 0 Å². The summed E-state index contributed by atoms with van der Waals surface area (Å²) in [6.45, 7) is 1.80. The number of aliphatic hydroxyl groups is 1. The highest BCUT2D eigenvalue weighted by Crippen LogP contribution is 2.40. The van der Waals surface area contributed by atoms with Crippen molar-refractivity contribution in [2.45, 2.75) is 18.4 Å². The predicted octanol–water partition coefficient (Wildman–Crippen LogP) is 5.47. The van der Waals surface area contributed by atoms with Gasteiger partial charge in [-0.3, -0.25) is 0 Å². The first kappa shape index (κ1) is 20.6. The van der Waals surface area contributed by atoms with Gasteiger partial charge >= 0.3 is 0 Å². The summed E-state index contributed by atoms with van der Waals surface area (Å²) in [5.74, 6) is 0. The molecular weight excluding hydrogens is 440 g/mol. The van der Waals surface area contributed by atoms with Crippen LogP contribution in [0.2, 0.25) is 0 Å². The van der Waals surface area contributed by atoms with Crippen LogP contribution in [0.15, 0.2) is 88.7 Å². The number of benzene rings is 2. The number of hydrogen-bond donors (Lipinski definition) is 1. The largest absolute Gasteiger partial charge is 0.392 e. The molecule has 160 valence electrons. The van der Waals surface area contributed by atoms with Crippen LogP contribution < -0.4 is 0 Å². The van der Waals surface area contributed by atoms with E-state index in [0.29, 0.717) is 5.65 Å². The van der Waals surface area contributed by atoms with Gasteiger partial charge in [0.1, 0.15) is 0 Å². The van der Waals surface area contributed by atoms with Gasteiger partial charge in [0.2, 0.25) is 0 Å². The lowest BCUT2D eigenvalue weighted by atomic mass is 9.96. The van der Waals surface area contributed by atoms with E-state index in [0.717, 1.165) is 38.8 Å². The fraction of sp³-hybridized carbons (Fsp3) is 0.0800. The van der Waals surface area contributed by atoms with Gasteiger partial charge in [0, 0.05) is 23.3 Å². The highest BCUT2D eigenvalue weighted by Gasteiger charge is 2.25. The number of aryl methyl sites for hydroxylation is 1. The predicted molar refractivity (Wildman–Crippen MR) is 128 cm³/mol. The van der Waals surface area contributed by atoms with E-state index in [9.17, 15) is 13.5 Å². The number of rotatable bonds is 5. The topological polar surface area (TPSA) is 72.2 Å². The standard InChI is InChI=1S/C25H20N2O3S2/c1-17-6-8-20(9-7-17)32(29,30)27-14-23(19-11-13-31-16-19)24-22(10-12-26-25(24)27)21-5-3-2-4-18(21)15-28/h2-14,16,28H,15H2,1H3. The smallest absolute Gasteiger partial charge is 0.269 e. The molecule has 5 nitrogen and oxygen atoms in total. The van der Waals surface area contributed by atoms with Crippen molar-refractivity contribution in [3.8, 4) is 22.3 Å². The molecule has 0 aliphatic carbocycles. The first-order valence-corrected chi connectivity index (χ1v) is 12.4. The van der Waals surface area contributed by atoms with Gasteiger partial charge in [0.25, 0.3) is 10.0 Å². The Labute approximate surface area is 190 Å². The van der Waals surface area contributed by atoms with Gasteiger partial charge in [0.15, 0.2) is 5.65 Å². The van der Waals surface area contributed by atoms with Crippen LogP contribution in [0.4, 0.5) is 0 Å². The van der Waals surface area contributed by atoms with Crippen molar-refractivity contribution >= 4 is 32.4 Å². The third kappa shape index (κ3) is 3.35. The molecule has 0 aliphatic heterocycles. The Bertz CT molecular complexity index is 1520. The third-order valence-corrected chi connectivity index (χ3v) is 7.89. The monoisotopic (exact) mass is 460 g/mol. The van der Waals surface area contributed by atoms with Crippen molar-refractivity contribution in [1.29, 1.82) is 0 Å². The number of fused-ring (bicyclic) bond motifs is 1. The van der Waals surface area contributed by atoms with E-state index in [-0.39, 0.29) is 11.5 Å². The van der Waals surface area contributed by atoms with E-state index >= 15 is 0 Å².